The fourth-order valence-electron chi connectivity index (χ4n) is 4.81. The lowest BCUT2D eigenvalue weighted by Crippen LogP contribution is -2.49. The molecule has 2 aromatic carbocycles. The number of rotatable bonds is 3. The molecule has 0 aliphatic carbocycles. The number of halogens is 1. The Morgan fingerprint density at radius 3 is 2.48 bits per heavy atom. The van der Waals surface area contributed by atoms with E-state index in [9.17, 15) is 4.79 Å². The zero-order valence-electron chi connectivity index (χ0n) is 16.2. The molecule has 0 saturated carbocycles. The number of esters is 1. The van der Waals surface area contributed by atoms with Crippen molar-refractivity contribution in [1.82, 2.24) is 4.90 Å². The van der Waals surface area contributed by atoms with E-state index in [0.717, 1.165) is 18.4 Å². The minimum Gasteiger partial charge on any atom is -0.426 e. The summed E-state index contributed by atoms with van der Waals surface area (Å²) in [5.74, 6) is 0.697. The van der Waals surface area contributed by atoms with E-state index < -0.39 is 0 Å². The molecule has 0 N–H and O–H groups in total. The molecule has 0 aromatic heterocycles. The molecule has 4 rings (SSSR count). The molecule has 0 spiro atoms. The average molecular weight is 386 g/mol. The standard InChI is InChI=1S/C23H27NO2.ClH/c1-15-7-9-17(10-8-15)20-14-18-11-12-21(24(18)3)22(20)23(25)26-19-6-4-5-16(2)13-19;/h4-10,13,18,20-22H,11-12,14H2,1-3H3;1H. The highest BCUT2D eigenvalue weighted by Crippen LogP contribution is 2.46. The van der Waals surface area contributed by atoms with Crippen molar-refractivity contribution in [3.8, 4) is 5.75 Å². The van der Waals surface area contributed by atoms with Crippen LogP contribution < -0.4 is 4.74 Å². The second-order valence-electron chi connectivity index (χ2n) is 7.98. The van der Waals surface area contributed by atoms with E-state index in [1.54, 1.807) is 0 Å². The lowest BCUT2D eigenvalue weighted by atomic mass is 9.76. The first-order valence-electron chi connectivity index (χ1n) is 9.60. The van der Waals surface area contributed by atoms with Crippen molar-refractivity contribution in [2.45, 2.75) is 51.1 Å². The van der Waals surface area contributed by atoms with Crippen LogP contribution in [-0.2, 0) is 4.79 Å². The normalized spacial score (nSPS) is 27.1. The maximum Gasteiger partial charge on any atom is 0.316 e. The first kappa shape index (κ1) is 19.9. The molecule has 0 amide bonds. The van der Waals surface area contributed by atoms with Gasteiger partial charge in [-0.05, 0) is 63.4 Å². The average Bonchev–Trinajstić information content (AvgIpc) is 2.85. The van der Waals surface area contributed by atoms with Gasteiger partial charge >= 0.3 is 5.97 Å². The molecule has 2 bridgehead atoms. The van der Waals surface area contributed by atoms with Crippen LogP contribution in [0.1, 0.15) is 41.9 Å². The molecule has 2 aliphatic rings. The molecule has 27 heavy (non-hydrogen) atoms. The smallest absolute Gasteiger partial charge is 0.316 e. The van der Waals surface area contributed by atoms with Gasteiger partial charge in [-0.3, -0.25) is 9.69 Å². The number of nitrogens with zero attached hydrogens (tertiary/aromatic N) is 1. The topological polar surface area (TPSA) is 29.5 Å². The number of benzene rings is 2. The summed E-state index contributed by atoms with van der Waals surface area (Å²) in [6.07, 6.45) is 3.29. The van der Waals surface area contributed by atoms with Gasteiger partial charge in [0.1, 0.15) is 5.75 Å². The van der Waals surface area contributed by atoms with Crippen LogP contribution in [-0.4, -0.2) is 30.0 Å². The number of aryl methyl sites for hydroxylation is 2. The maximum atomic E-state index is 13.2. The third-order valence-electron chi connectivity index (χ3n) is 6.25. The quantitative estimate of drug-likeness (QED) is 0.556. The molecule has 4 atom stereocenters. The third-order valence-corrected chi connectivity index (χ3v) is 6.25. The van der Waals surface area contributed by atoms with Gasteiger partial charge < -0.3 is 4.74 Å². The van der Waals surface area contributed by atoms with E-state index >= 15 is 0 Å². The Morgan fingerprint density at radius 2 is 1.78 bits per heavy atom. The summed E-state index contributed by atoms with van der Waals surface area (Å²) in [6.45, 7) is 4.12. The number of carbonyl (C=O) groups is 1. The van der Waals surface area contributed by atoms with E-state index in [1.807, 2.05) is 31.2 Å². The Bertz CT molecular complexity index is 804. The van der Waals surface area contributed by atoms with Gasteiger partial charge in [-0.2, -0.15) is 0 Å². The van der Waals surface area contributed by atoms with Gasteiger partial charge in [-0.1, -0.05) is 42.0 Å². The van der Waals surface area contributed by atoms with Crippen molar-refractivity contribution in [3.05, 3.63) is 65.2 Å². The zero-order valence-corrected chi connectivity index (χ0v) is 17.0. The molecule has 2 saturated heterocycles. The van der Waals surface area contributed by atoms with Crippen LogP contribution in [0.4, 0.5) is 0 Å². The number of piperidine rings is 1. The van der Waals surface area contributed by atoms with Crippen LogP contribution in [0, 0.1) is 19.8 Å². The van der Waals surface area contributed by atoms with Crippen LogP contribution in [0.25, 0.3) is 0 Å². The second kappa shape index (κ2) is 8.04. The predicted molar refractivity (Wildman–Crippen MR) is 111 cm³/mol. The van der Waals surface area contributed by atoms with Crippen LogP contribution in [0.2, 0.25) is 0 Å². The maximum absolute atomic E-state index is 13.2. The summed E-state index contributed by atoms with van der Waals surface area (Å²) in [4.78, 5) is 15.6. The van der Waals surface area contributed by atoms with Gasteiger partial charge in [-0.25, -0.2) is 0 Å². The Kier molecular flexibility index (Phi) is 5.92. The Labute approximate surface area is 168 Å². The Balaban J connectivity index is 0.00000210. The molecule has 4 heteroatoms. The van der Waals surface area contributed by atoms with E-state index in [1.165, 1.54) is 17.5 Å². The van der Waals surface area contributed by atoms with Crippen LogP contribution in [0.5, 0.6) is 5.75 Å². The van der Waals surface area contributed by atoms with Crippen molar-refractivity contribution in [1.29, 1.82) is 0 Å². The zero-order chi connectivity index (χ0) is 18.3. The fourth-order valence-corrected chi connectivity index (χ4v) is 4.81. The summed E-state index contributed by atoms with van der Waals surface area (Å²) in [5.41, 5.74) is 3.63. The number of hydrogen-bond donors (Lipinski definition) is 0. The highest BCUT2D eigenvalue weighted by molar-refractivity contribution is 5.85. The fraction of sp³-hybridized carbons (Fsp3) is 0.435. The highest BCUT2D eigenvalue weighted by Gasteiger charge is 2.49. The highest BCUT2D eigenvalue weighted by atomic mass is 35.5. The summed E-state index contributed by atoms with van der Waals surface area (Å²) >= 11 is 0. The van der Waals surface area contributed by atoms with E-state index in [-0.39, 0.29) is 36.3 Å². The summed E-state index contributed by atoms with van der Waals surface area (Å²) in [7, 11) is 2.17. The predicted octanol–water partition coefficient (Wildman–Crippen LogP) is 4.90. The Hall–Kier alpha value is -1.84. The van der Waals surface area contributed by atoms with Crippen molar-refractivity contribution in [2.75, 3.05) is 7.05 Å². The lowest BCUT2D eigenvalue weighted by molar-refractivity contribution is -0.143. The molecule has 0 radical (unpaired) electrons. The van der Waals surface area contributed by atoms with Gasteiger partial charge in [-0.15, -0.1) is 12.4 Å². The molecule has 2 fully saturated rings. The largest absolute Gasteiger partial charge is 0.426 e. The number of carbonyl (C=O) groups excluding carboxylic acids is 1. The van der Waals surface area contributed by atoms with Crippen LogP contribution >= 0.6 is 12.4 Å². The van der Waals surface area contributed by atoms with Gasteiger partial charge in [0.15, 0.2) is 0 Å². The molecule has 3 nitrogen and oxygen atoms in total. The van der Waals surface area contributed by atoms with Crippen molar-refractivity contribution in [2.24, 2.45) is 5.92 Å². The van der Waals surface area contributed by atoms with Crippen LogP contribution in [0.3, 0.4) is 0 Å². The SMILES string of the molecule is Cc1ccc(C2CC3CCC(C2C(=O)Oc2cccc(C)c2)N3C)cc1.Cl. The number of fused-ring (bicyclic) bond motifs is 2. The minimum absolute atomic E-state index is 0. The third kappa shape index (κ3) is 3.90. The van der Waals surface area contributed by atoms with Crippen molar-refractivity contribution in [3.63, 3.8) is 0 Å². The first-order chi connectivity index (χ1) is 12.5. The molecular weight excluding hydrogens is 358 g/mol. The first-order valence-corrected chi connectivity index (χ1v) is 9.60. The van der Waals surface area contributed by atoms with Gasteiger partial charge in [0.05, 0.1) is 5.92 Å². The molecule has 2 heterocycles. The molecule has 2 aliphatic heterocycles. The number of ether oxygens (including phenoxy) is 1. The summed E-state index contributed by atoms with van der Waals surface area (Å²) < 4.78 is 5.84. The minimum atomic E-state index is -0.109. The van der Waals surface area contributed by atoms with E-state index in [4.69, 9.17) is 4.74 Å². The van der Waals surface area contributed by atoms with Gasteiger partial charge in [0.25, 0.3) is 0 Å². The lowest BCUT2D eigenvalue weighted by Gasteiger charge is -2.41. The summed E-state index contributed by atoms with van der Waals surface area (Å²) in [6, 6.07) is 17.3. The monoisotopic (exact) mass is 385 g/mol. The van der Waals surface area contributed by atoms with Gasteiger partial charge in [0, 0.05) is 18.0 Å². The molecule has 4 unspecified atom stereocenters. The summed E-state index contributed by atoms with van der Waals surface area (Å²) in [5, 5.41) is 0. The molecule has 144 valence electrons. The Morgan fingerprint density at radius 1 is 1.04 bits per heavy atom. The van der Waals surface area contributed by atoms with Crippen molar-refractivity contribution >= 4 is 18.4 Å². The second-order valence-corrected chi connectivity index (χ2v) is 7.98. The van der Waals surface area contributed by atoms with Crippen molar-refractivity contribution < 1.29 is 9.53 Å². The number of hydrogen-bond acceptors (Lipinski definition) is 3. The van der Waals surface area contributed by atoms with Gasteiger partial charge in [0.2, 0.25) is 0 Å². The van der Waals surface area contributed by atoms with Crippen LogP contribution in [0.15, 0.2) is 48.5 Å². The molecular formula is C23H28ClNO2. The van der Waals surface area contributed by atoms with E-state index in [2.05, 4.69) is 43.1 Å². The van der Waals surface area contributed by atoms with E-state index in [0.29, 0.717) is 11.8 Å². The molecule has 2 aromatic rings.